The van der Waals surface area contributed by atoms with E-state index in [1.54, 1.807) is 0 Å². The number of halogens is 1. The Kier molecular flexibility index (Phi) is 6.54. The molecular weight excluding hydrogens is 298 g/mol. The molecule has 1 amide bonds. The Morgan fingerprint density at radius 2 is 1.86 bits per heavy atom. The molecule has 2 N–H and O–H groups in total. The number of amides is 1. The van der Waals surface area contributed by atoms with Crippen LogP contribution in [0.2, 0.25) is 0 Å². The van der Waals surface area contributed by atoms with Crippen LogP contribution in [-0.2, 0) is 4.79 Å². The second kappa shape index (κ2) is 7.98. The Bertz CT molecular complexity index is 373. The molecule has 2 heterocycles. The van der Waals surface area contributed by atoms with Crippen LogP contribution in [0.15, 0.2) is 0 Å². The van der Waals surface area contributed by atoms with Crippen LogP contribution in [0.25, 0.3) is 0 Å². The average molecular weight is 330 g/mol. The first-order valence-electron chi connectivity index (χ1n) is 8.95. The van der Waals surface area contributed by atoms with Gasteiger partial charge in [-0.2, -0.15) is 0 Å². The lowest BCUT2D eigenvalue weighted by atomic mass is 9.84. The smallest absolute Gasteiger partial charge is 0.239 e. The molecule has 0 aromatic heterocycles. The quantitative estimate of drug-likeness (QED) is 0.865. The number of rotatable bonds is 3. The molecule has 0 radical (unpaired) electrons. The summed E-state index contributed by atoms with van der Waals surface area (Å²) < 4.78 is 0. The van der Waals surface area contributed by atoms with Crippen LogP contribution in [-0.4, -0.2) is 53.5 Å². The Morgan fingerprint density at radius 3 is 2.59 bits per heavy atom. The van der Waals surface area contributed by atoms with Crippen molar-refractivity contribution in [3.63, 3.8) is 0 Å². The largest absolute Gasteiger partial charge is 0.336 e. The Hall–Kier alpha value is -0.320. The lowest BCUT2D eigenvalue weighted by Crippen LogP contribution is -2.59. The van der Waals surface area contributed by atoms with Crippen molar-refractivity contribution in [2.45, 2.75) is 76.4 Å². The fraction of sp³-hybridized carbons (Fsp3) is 0.941. The summed E-state index contributed by atoms with van der Waals surface area (Å²) in [5.41, 5.74) is 6.27. The molecule has 2 aliphatic heterocycles. The monoisotopic (exact) mass is 329 g/mol. The normalized spacial score (nSPS) is 31.5. The predicted octanol–water partition coefficient (Wildman–Crippen LogP) is 2.40. The van der Waals surface area contributed by atoms with Crippen LogP contribution in [0, 0.1) is 5.92 Å². The molecule has 4 nitrogen and oxygen atoms in total. The van der Waals surface area contributed by atoms with E-state index in [0.717, 1.165) is 19.5 Å². The van der Waals surface area contributed by atoms with Crippen LogP contribution >= 0.6 is 12.4 Å². The summed E-state index contributed by atoms with van der Waals surface area (Å²) in [6.45, 7) is 5.33. The summed E-state index contributed by atoms with van der Waals surface area (Å²) in [7, 11) is 0. The van der Waals surface area contributed by atoms with Crippen molar-refractivity contribution in [2.75, 3.05) is 19.6 Å². The lowest BCUT2D eigenvalue weighted by Gasteiger charge is -2.43. The third-order valence-corrected chi connectivity index (χ3v) is 5.85. The molecule has 3 aliphatic rings. The van der Waals surface area contributed by atoms with Crippen LogP contribution in [0.1, 0.15) is 58.3 Å². The highest BCUT2D eigenvalue weighted by atomic mass is 35.5. The minimum Gasteiger partial charge on any atom is -0.336 e. The van der Waals surface area contributed by atoms with Gasteiger partial charge < -0.3 is 10.6 Å². The average Bonchev–Trinajstić information content (AvgIpc) is 2.93. The van der Waals surface area contributed by atoms with E-state index in [1.165, 1.54) is 51.5 Å². The van der Waals surface area contributed by atoms with Gasteiger partial charge in [-0.25, -0.2) is 0 Å². The van der Waals surface area contributed by atoms with Gasteiger partial charge in [0.15, 0.2) is 0 Å². The number of nitrogens with two attached hydrogens (primary N) is 1. The zero-order chi connectivity index (χ0) is 14.8. The SMILES string of the molecule is CC1CN2CCCC2CN1C(=O)C(N)CC1CCCCC1.Cl. The van der Waals surface area contributed by atoms with Crippen molar-refractivity contribution in [1.29, 1.82) is 0 Å². The minimum absolute atomic E-state index is 0. The predicted molar refractivity (Wildman–Crippen MR) is 92.2 cm³/mol. The molecule has 5 heteroatoms. The van der Waals surface area contributed by atoms with E-state index in [1.807, 2.05) is 0 Å². The molecule has 1 aliphatic carbocycles. The van der Waals surface area contributed by atoms with Gasteiger partial charge in [0, 0.05) is 25.2 Å². The van der Waals surface area contributed by atoms with Gasteiger partial charge in [0.05, 0.1) is 6.04 Å². The van der Waals surface area contributed by atoms with E-state index in [2.05, 4.69) is 16.7 Å². The molecule has 0 aromatic carbocycles. The van der Waals surface area contributed by atoms with E-state index >= 15 is 0 Å². The number of carbonyl (C=O) groups is 1. The van der Waals surface area contributed by atoms with Crippen LogP contribution in [0.5, 0.6) is 0 Å². The van der Waals surface area contributed by atoms with E-state index in [-0.39, 0.29) is 24.4 Å². The molecule has 2 saturated heterocycles. The van der Waals surface area contributed by atoms with Crippen LogP contribution < -0.4 is 5.73 Å². The Balaban J connectivity index is 0.00000176. The highest BCUT2D eigenvalue weighted by Crippen LogP contribution is 2.29. The van der Waals surface area contributed by atoms with Gasteiger partial charge in [-0.15, -0.1) is 12.4 Å². The highest BCUT2D eigenvalue weighted by molar-refractivity contribution is 5.85. The summed E-state index contributed by atoms with van der Waals surface area (Å²) >= 11 is 0. The van der Waals surface area contributed by atoms with E-state index in [4.69, 9.17) is 5.73 Å². The highest BCUT2D eigenvalue weighted by Gasteiger charge is 2.38. The first-order valence-corrected chi connectivity index (χ1v) is 8.95. The number of carbonyl (C=O) groups excluding carboxylic acids is 1. The maximum atomic E-state index is 12.8. The molecule has 0 spiro atoms. The van der Waals surface area contributed by atoms with Gasteiger partial charge in [-0.3, -0.25) is 9.69 Å². The number of nitrogens with zero attached hydrogens (tertiary/aromatic N) is 2. The van der Waals surface area contributed by atoms with Gasteiger partial charge >= 0.3 is 0 Å². The topological polar surface area (TPSA) is 49.6 Å². The van der Waals surface area contributed by atoms with E-state index < -0.39 is 0 Å². The first-order chi connectivity index (χ1) is 10.1. The summed E-state index contributed by atoms with van der Waals surface area (Å²) in [6, 6.07) is 0.639. The molecule has 0 aromatic rings. The third kappa shape index (κ3) is 3.95. The maximum absolute atomic E-state index is 12.8. The number of hydrogen-bond donors (Lipinski definition) is 1. The van der Waals surface area contributed by atoms with Crippen molar-refractivity contribution in [3.05, 3.63) is 0 Å². The third-order valence-electron chi connectivity index (χ3n) is 5.85. The molecule has 3 atom stereocenters. The molecule has 3 unspecified atom stereocenters. The van der Waals surface area contributed by atoms with Crippen molar-refractivity contribution in [2.24, 2.45) is 11.7 Å². The van der Waals surface area contributed by atoms with Crippen molar-refractivity contribution < 1.29 is 4.79 Å². The maximum Gasteiger partial charge on any atom is 0.239 e. The molecule has 22 heavy (non-hydrogen) atoms. The summed E-state index contributed by atoms with van der Waals surface area (Å²) in [5.74, 6) is 0.889. The Labute approximate surface area is 141 Å². The van der Waals surface area contributed by atoms with Gasteiger partial charge in [0.1, 0.15) is 0 Å². The fourth-order valence-corrected chi connectivity index (χ4v) is 4.59. The van der Waals surface area contributed by atoms with Gasteiger partial charge in [-0.05, 0) is 38.6 Å². The van der Waals surface area contributed by atoms with E-state index in [0.29, 0.717) is 18.0 Å². The van der Waals surface area contributed by atoms with Gasteiger partial charge in [-0.1, -0.05) is 32.1 Å². The lowest BCUT2D eigenvalue weighted by molar-refractivity contribution is -0.138. The van der Waals surface area contributed by atoms with Gasteiger partial charge in [0.2, 0.25) is 5.91 Å². The van der Waals surface area contributed by atoms with Crippen LogP contribution in [0.3, 0.4) is 0 Å². The number of piperazine rings is 1. The Morgan fingerprint density at radius 1 is 1.14 bits per heavy atom. The molecule has 1 saturated carbocycles. The molecule has 0 bridgehead atoms. The molecule has 3 rings (SSSR count). The molecule has 3 fully saturated rings. The second-order valence-corrected chi connectivity index (χ2v) is 7.48. The molecule has 128 valence electrons. The van der Waals surface area contributed by atoms with E-state index in [9.17, 15) is 4.79 Å². The standard InChI is InChI=1S/C17H31N3O.ClH/c1-13-11-19-9-5-8-15(19)12-20(13)17(21)16(18)10-14-6-3-2-4-7-14;/h13-16H,2-12,18H2,1H3;1H. The van der Waals surface area contributed by atoms with Crippen molar-refractivity contribution in [3.8, 4) is 0 Å². The minimum atomic E-state index is -0.275. The first kappa shape index (κ1) is 18.0. The number of fused-ring (bicyclic) bond motifs is 1. The zero-order valence-electron chi connectivity index (χ0n) is 13.9. The van der Waals surface area contributed by atoms with Crippen molar-refractivity contribution >= 4 is 18.3 Å². The summed E-state index contributed by atoms with van der Waals surface area (Å²) in [4.78, 5) is 17.4. The van der Waals surface area contributed by atoms with Gasteiger partial charge in [0.25, 0.3) is 0 Å². The van der Waals surface area contributed by atoms with Crippen molar-refractivity contribution in [1.82, 2.24) is 9.80 Å². The summed E-state index contributed by atoms with van der Waals surface area (Å²) in [5, 5.41) is 0. The van der Waals surface area contributed by atoms with Crippen LogP contribution in [0.4, 0.5) is 0 Å². The zero-order valence-corrected chi connectivity index (χ0v) is 14.7. The molecular formula is C17H32ClN3O. The summed E-state index contributed by atoms with van der Waals surface area (Å²) in [6.07, 6.45) is 9.98. The fourth-order valence-electron chi connectivity index (χ4n) is 4.59. The number of hydrogen-bond acceptors (Lipinski definition) is 3. The second-order valence-electron chi connectivity index (χ2n) is 7.48.